The van der Waals surface area contributed by atoms with Gasteiger partial charge in [0.05, 0.1) is 12.7 Å². The number of halogens is 3. The number of hydrogen-bond donors (Lipinski definition) is 0. The molecule has 0 aliphatic rings. The highest BCUT2D eigenvalue weighted by Gasteiger charge is 2.18. The van der Waals surface area contributed by atoms with Crippen LogP contribution in [0.5, 0.6) is 11.5 Å². The topological polar surface area (TPSA) is 44.8 Å². The molecule has 4 aromatic rings. The van der Waals surface area contributed by atoms with E-state index in [9.17, 15) is 9.18 Å². The number of ether oxygens (including phenoxy) is 3. The predicted molar refractivity (Wildman–Crippen MR) is 150 cm³/mol. The molecule has 0 radical (unpaired) electrons. The molecule has 0 aliphatic heterocycles. The van der Waals surface area contributed by atoms with Crippen molar-refractivity contribution in [3.63, 3.8) is 0 Å². The highest BCUT2D eigenvalue weighted by atomic mass is 127. The Kier molecular flexibility index (Phi) is 9.77. The van der Waals surface area contributed by atoms with E-state index in [4.69, 9.17) is 9.47 Å². The van der Waals surface area contributed by atoms with Gasteiger partial charge in [0.2, 0.25) is 0 Å². The standard InChI is InChI=1S/C28H21F2IO3.C2H6O/c1-16-14-19(23-11-9-21(33-3)15-25(23)29)6-10-22(16)28(32)34-26-13-12-24(27(30)17(26)2)18-4-7-20(31)8-5-18;1-3-2/h4-15H,1-3H3;1-2H3. The summed E-state index contributed by atoms with van der Waals surface area (Å²) < 4.78 is 45.4. The lowest BCUT2D eigenvalue weighted by Crippen LogP contribution is -2.11. The molecule has 0 aromatic heterocycles. The third kappa shape index (κ3) is 6.72. The van der Waals surface area contributed by atoms with Crippen molar-refractivity contribution < 1.29 is 27.8 Å². The molecule has 0 aliphatic carbocycles. The third-order valence-corrected chi connectivity index (χ3v) is 6.35. The second kappa shape index (κ2) is 12.8. The van der Waals surface area contributed by atoms with Crippen LogP contribution in [0.1, 0.15) is 21.5 Å². The van der Waals surface area contributed by atoms with E-state index in [-0.39, 0.29) is 11.3 Å². The van der Waals surface area contributed by atoms with Crippen LogP contribution in [0.3, 0.4) is 0 Å². The second-order valence-electron chi connectivity index (χ2n) is 8.23. The monoisotopic (exact) mass is 616 g/mol. The molecule has 0 atom stereocenters. The number of benzene rings is 4. The largest absolute Gasteiger partial charge is 0.497 e. The SMILES string of the molecule is COC.COc1ccc(-c2ccc(C(=O)Oc3ccc(-c4ccc(I)cc4)c(F)c3C)c(C)c2)c(F)c1. The van der Waals surface area contributed by atoms with Gasteiger partial charge in [-0.25, -0.2) is 13.6 Å². The zero-order valence-electron chi connectivity index (χ0n) is 21.2. The maximum atomic E-state index is 15.1. The summed E-state index contributed by atoms with van der Waals surface area (Å²) in [4.78, 5) is 12.9. The summed E-state index contributed by atoms with van der Waals surface area (Å²) >= 11 is 2.19. The maximum Gasteiger partial charge on any atom is 0.343 e. The van der Waals surface area contributed by atoms with Gasteiger partial charge in [-0.1, -0.05) is 24.3 Å². The minimum Gasteiger partial charge on any atom is -0.497 e. The number of methoxy groups -OCH3 is 2. The van der Waals surface area contributed by atoms with Crippen LogP contribution in [0.4, 0.5) is 8.78 Å². The van der Waals surface area contributed by atoms with Gasteiger partial charge in [0, 0.05) is 40.5 Å². The quantitative estimate of drug-likeness (QED) is 0.130. The number of carbonyl (C=O) groups is 1. The van der Waals surface area contributed by atoms with Crippen LogP contribution in [-0.4, -0.2) is 27.3 Å². The van der Waals surface area contributed by atoms with E-state index in [1.165, 1.54) is 13.2 Å². The highest BCUT2D eigenvalue weighted by molar-refractivity contribution is 14.1. The number of hydrogen-bond acceptors (Lipinski definition) is 4. The zero-order valence-corrected chi connectivity index (χ0v) is 23.4. The molecular weight excluding hydrogens is 589 g/mol. The van der Waals surface area contributed by atoms with Crippen LogP contribution >= 0.6 is 22.6 Å². The molecule has 4 aromatic carbocycles. The van der Waals surface area contributed by atoms with Gasteiger partial charge in [-0.2, -0.15) is 0 Å². The van der Waals surface area contributed by atoms with Gasteiger partial charge >= 0.3 is 5.97 Å². The smallest absolute Gasteiger partial charge is 0.343 e. The van der Waals surface area contributed by atoms with Crippen LogP contribution in [0.25, 0.3) is 22.3 Å². The lowest BCUT2D eigenvalue weighted by Gasteiger charge is -2.13. The normalized spacial score (nSPS) is 10.4. The Morgan fingerprint density at radius 3 is 2.00 bits per heavy atom. The van der Waals surface area contributed by atoms with E-state index in [2.05, 4.69) is 27.3 Å². The van der Waals surface area contributed by atoms with Crippen molar-refractivity contribution in [2.75, 3.05) is 21.3 Å². The summed E-state index contributed by atoms with van der Waals surface area (Å²) in [5.41, 5.74) is 3.39. The van der Waals surface area contributed by atoms with Crippen LogP contribution in [0.15, 0.2) is 72.8 Å². The van der Waals surface area contributed by atoms with E-state index >= 15 is 4.39 Å². The lowest BCUT2D eigenvalue weighted by molar-refractivity contribution is 0.0732. The fourth-order valence-corrected chi connectivity index (χ4v) is 4.06. The van der Waals surface area contributed by atoms with Gasteiger partial charge in [0.25, 0.3) is 0 Å². The molecule has 0 N–H and O–H groups in total. The average Bonchev–Trinajstić information content (AvgIpc) is 2.88. The molecule has 0 saturated carbocycles. The van der Waals surface area contributed by atoms with Crippen molar-refractivity contribution in [2.24, 2.45) is 0 Å². The molecule has 0 fully saturated rings. The number of esters is 1. The molecule has 0 bridgehead atoms. The summed E-state index contributed by atoms with van der Waals surface area (Å²) in [6.07, 6.45) is 0. The van der Waals surface area contributed by atoms with Gasteiger partial charge in [-0.3, -0.25) is 0 Å². The number of aryl methyl sites for hydroxylation is 1. The Bertz CT molecular complexity index is 1400. The first-order valence-corrected chi connectivity index (χ1v) is 12.4. The van der Waals surface area contributed by atoms with E-state index in [0.717, 1.165) is 9.13 Å². The summed E-state index contributed by atoms with van der Waals surface area (Å²) in [5.74, 6) is -0.888. The van der Waals surface area contributed by atoms with Crippen LogP contribution in [0.2, 0.25) is 0 Å². The minimum atomic E-state index is -0.608. The first-order chi connectivity index (χ1) is 17.7. The zero-order chi connectivity index (χ0) is 27.1. The van der Waals surface area contributed by atoms with Gasteiger partial charge in [-0.05, 0) is 95.6 Å². The molecule has 192 valence electrons. The number of carbonyl (C=O) groups excluding carboxylic acids is 1. The van der Waals surface area contributed by atoms with Crippen molar-refractivity contribution in [3.05, 3.63) is 105 Å². The van der Waals surface area contributed by atoms with Crippen molar-refractivity contribution >= 4 is 28.6 Å². The van der Waals surface area contributed by atoms with E-state index in [0.29, 0.717) is 33.6 Å². The molecule has 0 saturated heterocycles. The molecule has 0 unspecified atom stereocenters. The maximum absolute atomic E-state index is 15.1. The lowest BCUT2D eigenvalue weighted by atomic mass is 9.99. The molecule has 0 amide bonds. The van der Waals surface area contributed by atoms with Gasteiger partial charge in [-0.15, -0.1) is 0 Å². The molecular formula is C30H27F2IO4. The Balaban J connectivity index is 0.00000121. The van der Waals surface area contributed by atoms with Crippen LogP contribution in [-0.2, 0) is 4.74 Å². The second-order valence-corrected chi connectivity index (χ2v) is 9.48. The first-order valence-electron chi connectivity index (χ1n) is 11.3. The van der Waals surface area contributed by atoms with E-state index in [1.54, 1.807) is 70.5 Å². The van der Waals surface area contributed by atoms with Gasteiger partial charge in [0.1, 0.15) is 23.1 Å². The van der Waals surface area contributed by atoms with Crippen molar-refractivity contribution in [2.45, 2.75) is 13.8 Å². The molecule has 4 nitrogen and oxygen atoms in total. The molecule has 0 spiro atoms. The fourth-order valence-electron chi connectivity index (χ4n) is 3.70. The van der Waals surface area contributed by atoms with Crippen LogP contribution in [0, 0.1) is 29.1 Å². The minimum absolute atomic E-state index is 0.154. The summed E-state index contributed by atoms with van der Waals surface area (Å²) in [6, 6.07) is 20.3. The Hall–Kier alpha value is -3.30. The molecule has 7 heteroatoms. The summed E-state index contributed by atoms with van der Waals surface area (Å²) in [7, 11) is 4.72. The van der Waals surface area contributed by atoms with Crippen molar-refractivity contribution in [1.82, 2.24) is 0 Å². The summed E-state index contributed by atoms with van der Waals surface area (Å²) in [5, 5.41) is 0. The Labute approximate surface area is 229 Å². The molecule has 0 heterocycles. The summed E-state index contributed by atoms with van der Waals surface area (Å²) in [6.45, 7) is 3.32. The van der Waals surface area contributed by atoms with E-state index < -0.39 is 17.6 Å². The van der Waals surface area contributed by atoms with Gasteiger partial charge < -0.3 is 14.2 Å². The van der Waals surface area contributed by atoms with E-state index in [1.807, 2.05) is 24.3 Å². The van der Waals surface area contributed by atoms with Crippen LogP contribution < -0.4 is 9.47 Å². The average molecular weight is 616 g/mol. The van der Waals surface area contributed by atoms with Crippen molar-refractivity contribution in [1.29, 1.82) is 0 Å². The Morgan fingerprint density at radius 1 is 0.784 bits per heavy atom. The van der Waals surface area contributed by atoms with Crippen molar-refractivity contribution in [3.8, 4) is 33.8 Å². The molecule has 4 rings (SSSR count). The predicted octanol–water partition coefficient (Wildman–Crippen LogP) is 8.01. The van der Waals surface area contributed by atoms with Gasteiger partial charge in [0.15, 0.2) is 0 Å². The fraction of sp³-hybridized carbons (Fsp3) is 0.167. The number of rotatable bonds is 5. The third-order valence-electron chi connectivity index (χ3n) is 5.63. The highest BCUT2D eigenvalue weighted by Crippen LogP contribution is 2.32. The Morgan fingerprint density at radius 2 is 1.41 bits per heavy atom. The first kappa shape index (κ1) is 28.3. The molecule has 37 heavy (non-hydrogen) atoms.